The van der Waals surface area contributed by atoms with Crippen LogP contribution in [0.3, 0.4) is 0 Å². The highest BCUT2D eigenvalue weighted by molar-refractivity contribution is 6.28. The number of aryl methyl sites for hydroxylation is 2. The topological polar surface area (TPSA) is 84.1 Å². The molecular formula is C16H20ClN5O. The lowest BCUT2D eigenvalue weighted by Crippen LogP contribution is -2.39. The van der Waals surface area contributed by atoms with E-state index in [1.807, 2.05) is 45.9 Å². The van der Waals surface area contributed by atoms with Crippen LogP contribution < -0.4 is 16.2 Å². The molecule has 0 aliphatic rings. The molecule has 0 atom stereocenters. The standard InChI is InChI=1S/C16H20ClN5O/c1-9(2)22(18)14-12(8-19-16(17)21-14)15(23)20-13-10(3)6-5-7-11(13)4/h5-9H,18H2,1-4H3,(H,20,23). The zero-order valence-corrected chi connectivity index (χ0v) is 14.3. The molecule has 122 valence electrons. The van der Waals surface area contributed by atoms with Crippen molar-refractivity contribution in [3.05, 3.63) is 46.4 Å². The highest BCUT2D eigenvalue weighted by atomic mass is 35.5. The van der Waals surface area contributed by atoms with Crippen LogP contribution in [0.2, 0.25) is 5.28 Å². The van der Waals surface area contributed by atoms with Crippen molar-refractivity contribution in [1.29, 1.82) is 0 Å². The van der Waals surface area contributed by atoms with Crippen molar-refractivity contribution in [1.82, 2.24) is 9.97 Å². The Kier molecular flexibility index (Phi) is 5.18. The maximum absolute atomic E-state index is 12.7. The van der Waals surface area contributed by atoms with Gasteiger partial charge in [0, 0.05) is 17.9 Å². The smallest absolute Gasteiger partial charge is 0.261 e. The zero-order valence-electron chi connectivity index (χ0n) is 13.6. The SMILES string of the molecule is Cc1cccc(C)c1NC(=O)c1cnc(Cl)nc1N(N)C(C)C. The molecule has 0 radical (unpaired) electrons. The Morgan fingerprint density at radius 1 is 1.30 bits per heavy atom. The molecular weight excluding hydrogens is 314 g/mol. The molecule has 0 spiro atoms. The van der Waals surface area contributed by atoms with Crippen molar-refractivity contribution in [3.8, 4) is 0 Å². The second-order valence-electron chi connectivity index (χ2n) is 5.60. The Labute approximate surface area is 140 Å². The number of aromatic nitrogens is 2. The minimum atomic E-state index is -0.329. The summed E-state index contributed by atoms with van der Waals surface area (Å²) < 4.78 is 0. The third kappa shape index (κ3) is 3.78. The number of hydrazine groups is 1. The number of nitrogens with one attached hydrogen (secondary N) is 1. The fourth-order valence-corrected chi connectivity index (χ4v) is 2.27. The van der Waals surface area contributed by atoms with E-state index in [0.29, 0.717) is 5.82 Å². The molecule has 0 bridgehead atoms. The lowest BCUT2D eigenvalue weighted by atomic mass is 10.1. The lowest BCUT2D eigenvalue weighted by molar-refractivity contribution is 0.102. The first-order valence-corrected chi connectivity index (χ1v) is 7.63. The number of nitrogens with zero attached hydrogens (tertiary/aromatic N) is 3. The minimum Gasteiger partial charge on any atom is -0.321 e. The van der Waals surface area contributed by atoms with Crippen molar-refractivity contribution in [2.45, 2.75) is 33.7 Å². The quantitative estimate of drug-likeness (QED) is 0.510. The van der Waals surface area contributed by atoms with Crippen LogP contribution in [-0.2, 0) is 0 Å². The van der Waals surface area contributed by atoms with Gasteiger partial charge in [0.25, 0.3) is 5.91 Å². The average Bonchev–Trinajstić information content (AvgIpc) is 2.49. The van der Waals surface area contributed by atoms with Crippen molar-refractivity contribution >= 4 is 29.0 Å². The highest BCUT2D eigenvalue weighted by Gasteiger charge is 2.20. The molecule has 2 aromatic rings. The van der Waals surface area contributed by atoms with Crippen molar-refractivity contribution < 1.29 is 4.79 Å². The van der Waals surface area contributed by atoms with Crippen molar-refractivity contribution in [2.24, 2.45) is 5.84 Å². The Bertz CT molecular complexity index is 712. The summed E-state index contributed by atoms with van der Waals surface area (Å²) in [6.45, 7) is 7.66. The predicted octanol–water partition coefficient (Wildman–Crippen LogP) is 3.09. The van der Waals surface area contributed by atoms with Gasteiger partial charge < -0.3 is 5.32 Å². The molecule has 1 amide bonds. The Balaban J connectivity index is 2.40. The van der Waals surface area contributed by atoms with E-state index in [0.717, 1.165) is 16.8 Å². The molecule has 23 heavy (non-hydrogen) atoms. The van der Waals surface area contributed by atoms with Gasteiger partial charge in [0.15, 0.2) is 5.82 Å². The predicted molar refractivity (Wildman–Crippen MR) is 92.7 cm³/mol. The second-order valence-corrected chi connectivity index (χ2v) is 5.94. The maximum Gasteiger partial charge on any atom is 0.261 e. The number of anilines is 2. The first-order valence-electron chi connectivity index (χ1n) is 7.25. The number of nitrogens with two attached hydrogens (primary N) is 1. The normalized spacial score (nSPS) is 10.7. The molecule has 2 rings (SSSR count). The van der Waals surface area contributed by atoms with Crippen LogP contribution in [0.15, 0.2) is 24.4 Å². The van der Waals surface area contributed by atoms with Crippen LogP contribution in [0.1, 0.15) is 35.3 Å². The second kappa shape index (κ2) is 6.93. The number of benzene rings is 1. The van der Waals surface area contributed by atoms with Gasteiger partial charge in [-0.2, -0.15) is 4.98 Å². The molecule has 7 heteroatoms. The molecule has 1 aromatic carbocycles. The van der Waals surface area contributed by atoms with Gasteiger partial charge in [-0.3, -0.25) is 9.80 Å². The third-order valence-electron chi connectivity index (χ3n) is 3.50. The number of rotatable bonds is 4. The van der Waals surface area contributed by atoms with Crippen molar-refractivity contribution in [3.63, 3.8) is 0 Å². The monoisotopic (exact) mass is 333 g/mol. The van der Waals surface area contributed by atoms with E-state index in [-0.39, 0.29) is 22.8 Å². The maximum atomic E-state index is 12.7. The van der Waals surface area contributed by atoms with Crippen molar-refractivity contribution in [2.75, 3.05) is 10.3 Å². The van der Waals surface area contributed by atoms with Gasteiger partial charge in [-0.05, 0) is 50.4 Å². The molecule has 0 aliphatic carbocycles. The molecule has 0 fully saturated rings. The van der Waals surface area contributed by atoms with Crippen LogP contribution in [0.5, 0.6) is 0 Å². The number of hydrogen-bond donors (Lipinski definition) is 2. The Morgan fingerprint density at radius 2 is 1.91 bits per heavy atom. The van der Waals surface area contributed by atoms with E-state index in [9.17, 15) is 4.79 Å². The van der Waals surface area contributed by atoms with Crippen LogP contribution in [0.4, 0.5) is 11.5 Å². The van der Waals surface area contributed by atoms with E-state index >= 15 is 0 Å². The zero-order chi connectivity index (χ0) is 17.1. The number of para-hydroxylation sites is 1. The molecule has 3 N–H and O–H groups in total. The van der Waals surface area contributed by atoms with E-state index in [1.54, 1.807) is 0 Å². The summed E-state index contributed by atoms with van der Waals surface area (Å²) in [4.78, 5) is 20.7. The first kappa shape index (κ1) is 17.2. The summed E-state index contributed by atoms with van der Waals surface area (Å²) in [6, 6.07) is 5.77. The van der Waals surface area contributed by atoms with Gasteiger partial charge in [0.05, 0.1) is 0 Å². The third-order valence-corrected chi connectivity index (χ3v) is 3.69. The summed E-state index contributed by atoms with van der Waals surface area (Å²) in [5.41, 5.74) is 2.99. The molecule has 6 nitrogen and oxygen atoms in total. The minimum absolute atomic E-state index is 0.0414. The fourth-order valence-electron chi connectivity index (χ4n) is 2.15. The number of carbonyl (C=O) groups is 1. The molecule has 1 aromatic heterocycles. The molecule has 0 aliphatic heterocycles. The summed E-state index contributed by atoms with van der Waals surface area (Å²) in [6.07, 6.45) is 1.38. The Morgan fingerprint density at radius 3 is 2.48 bits per heavy atom. The van der Waals surface area contributed by atoms with Gasteiger partial charge >= 0.3 is 0 Å². The number of carbonyl (C=O) groups excluding carboxylic acids is 1. The Hall–Kier alpha value is -2.18. The molecule has 0 saturated carbocycles. The molecule has 1 heterocycles. The van der Waals surface area contributed by atoms with E-state index in [2.05, 4.69) is 15.3 Å². The van der Waals surface area contributed by atoms with Crippen LogP contribution in [0, 0.1) is 13.8 Å². The largest absolute Gasteiger partial charge is 0.321 e. The molecule has 0 unspecified atom stereocenters. The van der Waals surface area contributed by atoms with Gasteiger partial charge in [-0.15, -0.1) is 0 Å². The summed E-state index contributed by atoms with van der Waals surface area (Å²) >= 11 is 5.84. The summed E-state index contributed by atoms with van der Waals surface area (Å²) in [7, 11) is 0. The van der Waals surface area contributed by atoms with Crippen LogP contribution in [-0.4, -0.2) is 21.9 Å². The fraction of sp³-hybridized carbons (Fsp3) is 0.312. The highest BCUT2D eigenvalue weighted by Crippen LogP contribution is 2.23. The van der Waals surface area contributed by atoms with Gasteiger partial charge in [-0.1, -0.05) is 18.2 Å². The van der Waals surface area contributed by atoms with Gasteiger partial charge in [0.2, 0.25) is 5.28 Å². The molecule has 0 saturated heterocycles. The number of amides is 1. The van der Waals surface area contributed by atoms with E-state index in [1.165, 1.54) is 11.2 Å². The van der Waals surface area contributed by atoms with E-state index in [4.69, 9.17) is 17.4 Å². The summed E-state index contributed by atoms with van der Waals surface area (Å²) in [5.74, 6) is 5.97. The van der Waals surface area contributed by atoms with Gasteiger partial charge in [0.1, 0.15) is 5.56 Å². The first-order chi connectivity index (χ1) is 10.8. The summed E-state index contributed by atoms with van der Waals surface area (Å²) in [5, 5.41) is 4.34. The van der Waals surface area contributed by atoms with E-state index < -0.39 is 0 Å². The number of hydrogen-bond acceptors (Lipinski definition) is 5. The lowest BCUT2D eigenvalue weighted by Gasteiger charge is -2.24. The van der Waals surface area contributed by atoms with Gasteiger partial charge in [-0.25, -0.2) is 10.8 Å². The average molecular weight is 334 g/mol. The van der Waals surface area contributed by atoms with Crippen LogP contribution in [0.25, 0.3) is 0 Å². The van der Waals surface area contributed by atoms with Crippen LogP contribution >= 0.6 is 11.6 Å². The number of halogens is 1.